The molecule has 1 aliphatic heterocycles. The first kappa shape index (κ1) is 20.2. The van der Waals surface area contributed by atoms with Gasteiger partial charge in [-0.1, -0.05) is 0 Å². The first-order valence-electron chi connectivity index (χ1n) is 11.1. The van der Waals surface area contributed by atoms with Crippen LogP contribution in [-0.4, -0.2) is 50.4 Å². The normalized spacial score (nSPS) is 27.6. The van der Waals surface area contributed by atoms with Crippen LogP contribution in [0.1, 0.15) is 67.0 Å². The van der Waals surface area contributed by atoms with Crippen LogP contribution in [0.2, 0.25) is 0 Å². The fourth-order valence-electron chi connectivity index (χ4n) is 5.32. The highest BCUT2D eigenvalue weighted by molar-refractivity contribution is 9.10. The third-order valence-corrected chi connectivity index (χ3v) is 7.86. The fourth-order valence-corrected chi connectivity index (χ4v) is 6.05. The number of amides is 1. The number of carbonyl (C=O) groups is 2. The van der Waals surface area contributed by atoms with Gasteiger partial charge in [-0.25, -0.2) is 4.98 Å². The number of piperidine rings is 1. The molecule has 1 N–H and O–H groups in total. The first-order valence-corrected chi connectivity index (χ1v) is 11.9. The maximum absolute atomic E-state index is 13.2. The first-order chi connectivity index (χ1) is 14.4. The van der Waals surface area contributed by atoms with Gasteiger partial charge in [-0.15, -0.1) is 0 Å². The number of Topliss-reactive ketones (excluding diaryl/α,β-unsaturated/α-hetero) is 1. The molecule has 6 nitrogen and oxygen atoms in total. The Morgan fingerprint density at radius 2 is 1.87 bits per heavy atom. The van der Waals surface area contributed by atoms with Crippen molar-refractivity contribution in [2.24, 2.45) is 18.9 Å². The number of fused-ring (bicyclic) bond motifs is 1. The van der Waals surface area contributed by atoms with Crippen molar-refractivity contribution in [1.29, 1.82) is 0 Å². The molecule has 0 unspecified atom stereocenters. The van der Waals surface area contributed by atoms with Gasteiger partial charge >= 0.3 is 0 Å². The van der Waals surface area contributed by atoms with Gasteiger partial charge in [-0.05, 0) is 90.4 Å². The van der Waals surface area contributed by atoms with Gasteiger partial charge < -0.3 is 14.6 Å². The van der Waals surface area contributed by atoms with Crippen molar-refractivity contribution >= 4 is 38.7 Å². The monoisotopic (exact) mass is 473 g/mol. The number of hydrogen-bond donors (Lipinski definition) is 1. The number of halogens is 1. The second-order valence-electron chi connectivity index (χ2n) is 9.30. The zero-order chi connectivity index (χ0) is 21.0. The van der Waals surface area contributed by atoms with Crippen molar-refractivity contribution in [2.75, 3.05) is 13.1 Å². The Morgan fingerprint density at radius 3 is 2.53 bits per heavy atom. The van der Waals surface area contributed by atoms with Crippen molar-refractivity contribution < 1.29 is 14.7 Å². The van der Waals surface area contributed by atoms with Gasteiger partial charge in [0, 0.05) is 24.0 Å². The molecule has 7 heteroatoms. The predicted octanol–water partition coefficient (Wildman–Crippen LogP) is 3.80. The number of aryl methyl sites for hydroxylation is 1. The Morgan fingerprint density at radius 1 is 1.13 bits per heavy atom. The summed E-state index contributed by atoms with van der Waals surface area (Å²) in [7, 11) is 1.87. The molecule has 1 saturated heterocycles. The van der Waals surface area contributed by atoms with E-state index in [9.17, 15) is 14.7 Å². The SMILES string of the molecule is Cn1c(C(=O)N2CC[C@H](C3CCC(O)CC3)C(=O)C2)nc2cc(C3CC3)cc(Br)c21. The fraction of sp³-hybridized carbons (Fsp3) is 0.609. The number of aliphatic hydroxyl groups excluding tert-OH is 1. The molecular formula is C23H28BrN3O3. The van der Waals surface area contributed by atoms with Crippen LogP contribution in [0.25, 0.3) is 11.0 Å². The zero-order valence-electron chi connectivity index (χ0n) is 17.3. The zero-order valence-corrected chi connectivity index (χ0v) is 18.9. The summed E-state index contributed by atoms with van der Waals surface area (Å²) in [6.07, 6.45) is 6.33. The number of benzene rings is 1. The van der Waals surface area contributed by atoms with E-state index in [2.05, 4.69) is 33.0 Å². The number of imidazole rings is 1. The van der Waals surface area contributed by atoms with E-state index in [-0.39, 0.29) is 30.3 Å². The number of ketones is 1. The van der Waals surface area contributed by atoms with Crippen LogP contribution in [0, 0.1) is 11.8 Å². The molecule has 2 saturated carbocycles. The van der Waals surface area contributed by atoms with Gasteiger partial charge in [-0.2, -0.15) is 0 Å². The maximum Gasteiger partial charge on any atom is 0.290 e. The number of aromatic nitrogens is 2. The van der Waals surface area contributed by atoms with Gasteiger partial charge in [-0.3, -0.25) is 9.59 Å². The van der Waals surface area contributed by atoms with Crippen molar-refractivity contribution in [2.45, 2.75) is 57.0 Å². The lowest BCUT2D eigenvalue weighted by atomic mass is 9.74. The minimum atomic E-state index is -0.213. The van der Waals surface area contributed by atoms with Crippen LogP contribution < -0.4 is 0 Å². The molecule has 30 heavy (non-hydrogen) atoms. The topological polar surface area (TPSA) is 75.4 Å². The quantitative estimate of drug-likeness (QED) is 0.735. The summed E-state index contributed by atoms with van der Waals surface area (Å²) in [5, 5.41) is 9.74. The van der Waals surface area contributed by atoms with E-state index in [1.165, 1.54) is 18.4 Å². The van der Waals surface area contributed by atoms with Crippen molar-refractivity contribution in [3.63, 3.8) is 0 Å². The molecule has 0 bridgehead atoms. The molecule has 2 aliphatic carbocycles. The molecule has 0 spiro atoms. The van der Waals surface area contributed by atoms with Crippen LogP contribution >= 0.6 is 15.9 Å². The average Bonchev–Trinajstić information content (AvgIpc) is 3.52. The maximum atomic E-state index is 13.2. The lowest BCUT2D eigenvalue weighted by molar-refractivity contribution is -0.128. The molecule has 160 valence electrons. The predicted molar refractivity (Wildman–Crippen MR) is 117 cm³/mol. The molecule has 1 aromatic carbocycles. The smallest absolute Gasteiger partial charge is 0.290 e. The van der Waals surface area contributed by atoms with E-state index >= 15 is 0 Å². The third-order valence-electron chi connectivity index (χ3n) is 7.25. The van der Waals surface area contributed by atoms with E-state index in [0.29, 0.717) is 30.6 Å². The lowest BCUT2D eigenvalue weighted by Gasteiger charge is -2.37. The Hall–Kier alpha value is -1.73. The highest BCUT2D eigenvalue weighted by Crippen LogP contribution is 2.42. The summed E-state index contributed by atoms with van der Waals surface area (Å²) in [5.41, 5.74) is 3.03. The summed E-state index contributed by atoms with van der Waals surface area (Å²) in [6.45, 7) is 0.756. The molecule has 3 aliphatic rings. The van der Waals surface area contributed by atoms with E-state index in [4.69, 9.17) is 0 Å². The molecule has 1 amide bonds. The van der Waals surface area contributed by atoms with E-state index < -0.39 is 0 Å². The molecule has 1 atom stereocenters. The standard InChI is InChI=1S/C23H28BrN3O3/c1-26-21-18(24)10-15(13-2-3-13)11-19(21)25-22(26)23(30)27-9-8-17(20(29)12-27)14-4-6-16(28)7-5-14/h10-11,13-14,16-17,28H,2-9,12H2,1H3/t14?,16?,17-/m1/s1. The van der Waals surface area contributed by atoms with E-state index in [0.717, 1.165) is 41.2 Å². The van der Waals surface area contributed by atoms with Gasteiger partial charge in [0.15, 0.2) is 11.6 Å². The van der Waals surface area contributed by atoms with Crippen LogP contribution in [0.15, 0.2) is 16.6 Å². The molecular weight excluding hydrogens is 446 g/mol. The van der Waals surface area contributed by atoms with Crippen LogP contribution in [-0.2, 0) is 11.8 Å². The van der Waals surface area contributed by atoms with Crippen molar-refractivity contribution in [3.8, 4) is 0 Å². The number of carbonyl (C=O) groups excluding carboxylic acids is 2. The van der Waals surface area contributed by atoms with Gasteiger partial charge in [0.25, 0.3) is 5.91 Å². The third kappa shape index (κ3) is 3.60. The second kappa shape index (κ2) is 7.75. The second-order valence-corrected chi connectivity index (χ2v) is 10.2. The van der Waals surface area contributed by atoms with Crippen molar-refractivity contribution in [3.05, 3.63) is 28.0 Å². The summed E-state index contributed by atoms with van der Waals surface area (Å²) < 4.78 is 2.81. The molecule has 1 aromatic heterocycles. The number of rotatable bonds is 3. The average molecular weight is 474 g/mol. The summed E-state index contributed by atoms with van der Waals surface area (Å²) in [5.74, 6) is 1.38. The number of aliphatic hydroxyl groups is 1. The van der Waals surface area contributed by atoms with Crippen LogP contribution in [0.4, 0.5) is 0 Å². The molecule has 2 aromatic rings. The lowest BCUT2D eigenvalue weighted by Crippen LogP contribution is -2.47. The Labute approximate surface area is 184 Å². The van der Waals surface area contributed by atoms with Crippen LogP contribution in [0.5, 0.6) is 0 Å². The Bertz CT molecular complexity index is 1000. The molecule has 2 heterocycles. The minimum absolute atomic E-state index is 0.0252. The Kier molecular flexibility index (Phi) is 5.22. The minimum Gasteiger partial charge on any atom is -0.393 e. The van der Waals surface area contributed by atoms with Gasteiger partial charge in [0.1, 0.15) is 0 Å². The highest BCUT2D eigenvalue weighted by atomic mass is 79.9. The van der Waals surface area contributed by atoms with Crippen LogP contribution in [0.3, 0.4) is 0 Å². The van der Waals surface area contributed by atoms with Crippen molar-refractivity contribution in [1.82, 2.24) is 14.5 Å². The Balaban J connectivity index is 1.34. The van der Waals surface area contributed by atoms with E-state index in [1.54, 1.807) is 4.90 Å². The van der Waals surface area contributed by atoms with E-state index in [1.807, 2.05) is 11.6 Å². The largest absolute Gasteiger partial charge is 0.393 e. The highest BCUT2D eigenvalue weighted by Gasteiger charge is 2.37. The molecule has 5 rings (SSSR count). The molecule has 0 radical (unpaired) electrons. The number of nitrogens with zero attached hydrogens (tertiary/aromatic N) is 3. The summed E-state index contributed by atoms with van der Waals surface area (Å²) >= 11 is 3.66. The molecule has 3 fully saturated rings. The summed E-state index contributed by atoms with van der Waals surface area (Å²) in [4.78, 5) is 32.4. The van der Waals surface area contributed by atoms with Gasteiger partial charge in [0.05, 0.1) is 23.7 Å². The summed E-state index contributed by atoms with van der Waals surface area (Å²) in [6, 6.07) is 4.25. The number of likely N-dealkylation sites (tertiary alicyclic amines) is 1. The van der Waals surface area contributed by atoms with Gasteiger partial charge in [0.2, 0.25) is 0 Å². The number of hydrogen-bond acceptors (Lipinski definition) is 4.